The van der Waals surface area contributed by atoms with Crippen LogP contribution in [0.3, 0.4) is 0 Å². The third kappa shape index (κ3) is 2.44. The Morgan fingerprint density at radius 2 is 2.00 bits per heavy atom. The lowest BCUT2D eigenvalue weighted by Gasteiger charge is -2.37. The molecule has 2 heterocycles. The average molecular weight is 182 g/mol. The van der Waals surface area contributed by atoms with Gasteiger partial charge in [-0.25, -0.2) is 0 Å². The number of rotatable bonds is 1. The molecule has 0 radical (unpaired) electrons. The van der Waals surface area contributed by atoms with Crippen molar-refractivity contribution in [3.63, 3.8) is 0 Å². The Morgan fingerprint density at radius 1 is 1.15 bits per heavy atom. The second kappa shape index (κ2) is 4.43. The van der Waals surface area contributed by atoms with Crippen LogP contribution in [-0.4, -0.2) is 38.1 Å². The molecule has 2 atom stereocenters. The maximum absolute atomic E-state index is 3.53. The highest BCUT2D eigenvalue weighted by molar-refractivity contribution is 4.81. The molecule has 0 bridgehead atoms. The van der Waals surface area contributed by atoms with Crippen molar-refractivity contribution in [2.24, 2.45) is 11.8 Å². The summed E-state index contributed by atoms with van der Waals surface area (Å²) in [7, 11) is 2.27. The number of nitrogens with zero attached hydrogens (tertiary/aromatic N) is 1. The van der Waals surface area contributed by atoms with Crippen LogP contribution in [0, 0.1) is 11.8 Å². The molecule has 2 saturated heterocycles. The van der Waals surface area contributed by atoms with Gasteiger partial charge in [0.1, 0.15) is 0 Å². The zero-order valence-electron chi connectivity index (χ0n) is 8.76. The molecule has 2 aliphatic heterocycles. The molecular formula is C11H22N2. The molecule has 2 aliphatic rings. The van der Waals surface area contributed by atoms with E-state index in [4.69, 9.17) is 0 Å². The Hall–Kier alpha value is -0.0800. The molecule has 2 nitrogen and oxygen atoms in total. The van der Waals surface area contributed by atoms with E-state index < -0.39 is 0 Å². The average Bonchev–Trinajstić information content (AvgIpc) is 2.19. The van der Waals surface area contributed by atoms with Gasteiger partial charge < -0.3 is 10.2 Å². The number of piperidine rings is 2. The van der Waals surface area contributed by atoms with E-state index in [0.717, 1.165) is 11.8 Å². The summed E-state index contributed by atoms with van der Waals surface area (Å²) in [5.74, 6) is 1.95. The number of nitrogens with one attached hydrogen (secondary N) is 1. The quantitative estimate of drug-likeness (QED) is 0.658. The van der Waals surface area contributed by atoms with Crippen molar-refractivity contribution in [1.82, 2.24) is 10.2 Å². The van der Waals surface area contributed by atoms with Gasteiger partial charge in [-0.05, 0) is 64.2 Å². The van der Waals surface area contributed by atoms with Crippen molar-refractivity contribution in [2.75, 3.05) is 33.2 Å². The lowest BCUT2D eigenvalue weighted by Crippen LogP contribution is -2.41. The largest absolute Gasteiger partial charge is 0.316 e. The van der Waals surface area contributed by atoms with Gasteiger partial charge in [-0.15, -0.1) is 0 Å². The summed E-state index contributed by atoms with van der Waals surface area (Å²) >= 11 is 0. The van der Waals surface area contributed by atoms with Crippen molar-refractivity contribution in [3.05, 3.63) is 0 Å². The minimum absolute atomic E-state index is 0.969. The van der Waals surface area contributed by atoms with Gasteiger partial charge in [-0.3, -0.25) is 0 Å². The Balaban J connectivity index is 1.83. The fraction of sp³-hybridized carbons (Fsp3) is 1.00. The van der Waals surface area contributed by atoms with Crippen LogP contribution in [0.15, 0.2) is 0 Å². The van der Waals surface area contributed by atoms with E-state index in [1.54, 1.807) is 0 Å². The molecule has 2 fully saturated rings. The van der Waals surface area contributed by atoms with E-state index in [0.29, 0.717) is 0 Å². The first-order chi connectivity index (χ1) is 6.36. The maximum atomic E-state index is 3.53. The molecule has 2 rings (SSSR count). The zero-order chi connectivity index (χ0) is 9.10. The topological polar surface area (TPSA) is 15.3 Å². The summed E-state index contributed by atoms with van der Waals surface area (Å²) in [6.07, 6.45) is 5.74. The predicted octanol–water partition coefficient (Wildman–Crippen LogP) is 1.33. The van der Waals surface area contributed by atoms with E-state index in [2.05, 4.69) is 17.3 Å². The fourth-order valence-electron chi connectivity index (χ4n) is 2.87. The van der Waals surface area contributed by atoms with Gasteiger partial charge in [-0.1, -0.05) is 0 Å². The van der Waals surface area contributed by atoms with Crippen LogP contribution in [0.1, 0.15) is 25.7 Å². The normalized spacial score (nSPS) is 37.6. The molecule has 0 spiro atoms. The molecule has 0 aromatic carbocycles. The molecule has 0 amide bonds. The van der Waals surface area contributed by atoms with E-state index in [9.17, 15) is 0 Å². The summed E-state index contributed by atoms with van der Waals surface area (Å²) in [6.45, 7) is 5.18. The minimum Gasteiger partial charge on any atom is -0.316 e. The van der Waals surface area contributed by atoms with Crippen LogP contribution in [0.5, 0.6) is 0 Å². The van der Waals surface area contributed by atoms with Gasteiger partial charge in [0, 0.05) is 6.54 Å². The van der Waals surface area contributed by atoms with Crippen LogP contribution in [0.25, 0.3) is 0 Å². The van der Waals surface area contributed by atoms with Crippen molar-refractivity contribution in [2.45, 2.75) is 25.7 Å². The van der Waals surface area contributed by atoms with Gasteiger partial charge in [0.25, 0.3) is 0 Å². The Kier molecular flexibility index (Phi) is 3.23. The van der Waals surface area contributed by atoms with Crippen molar-refractivity contribution in [3.8, 4) is 0 Å². The molecule has 0 aliphatic carbocycles. The van der Waals surface area contributed by atoms with E-state index in [-0.39, 0.29) is 0 Å². The molecule has 0 aromatic heterocycles. The van der Waals surface area contributed by atoms with E-state index in [1.165, 1.54) is 51.9 Å². The molecular weight excluding hydrogens is 160 g/mol. The highest BCUT2D eigenvalue weighted by Gasteiger charge is 2.26. The molecule has 1 N–H and O–H groups in total. The Labute approximate surface area is 81.7 Å². The molecule has 0 saturated carbocycles. The number of likely N-dealkylation sites (tertiary alicyclic amines) is 1. The van der Waals surface area contributed by atoms with Crippen LogP contribution in [0.2, 0.25) is 0 Å². The first-order valence-electron chi connectivity index (χ1n) is 5.75. The van der Waals surface area contributed by atoms with Gasteiger partial charge in [-0.2, -0.15) is 0 Å². The first kappa shape index (κ1) is 9.47. The van der Waals surface area contributed by atoms with Crippen molar-refractivity contribution < 1.29 is 0 Å². The molecule has 13 heavy (non-hydrogen) atoms. The first-order valence-corrected chi connectivity index (χ1v) is 5.75. The Morgan fingerprint density at radius 3 is 2.69 bits per heavy atom. The highest BCUT2D eigenvalue weighted by atomic mass is 15.1. The lowest BCUT2D eigenvalue weighted by atomic mass is 9.81. The smallest absolute Gasteiger partial charge is 0.000974 e. The van der Waals surface area contributed by atoms with Crippen molar-refractivity contribution >= 4 is 0 Å². The summed E-state index contributed by atoms with van der Waals surface area (Å²) in [5.41, 5.74) is 0. The summed E-state index contributed by atoms with van der Waals surface area (Å²) in [4.78, 5) is 2.50. The zero-order valence-corrected chi connectivity index (χ0v) is 8.76. The van der Waals surface area contributed by atoms with Crippen LogP contribution in [0.4, 0.5) is 0 Å². The predicted molar refractivity (Wildman–Crippen MR) is 55.8 cm³/mol. The SMILES string of the molecule is CN1CCCC(C2CCCNC2)C1. The van der Waals surface area contributed by atoms with Crippen LogP contribution < -0.4 is 5.32 Å². The second-order valence-electron chi connectivity index (χ2n) is 4.77. The molecule has 76 valence electrons. The molecule has 0 aromatic rings. The molecule has 2 heteroatoms. The summed E-state index contributed by atoms with van der Waals surface area (Å²) in [5, 5.41) is 3.53. The third-order valence-electron chi connectivity index (χ3n) is 3.66. The van der Waals surface area contributed by atoms with E-state index >= 15 is 0 Å². The highest BCUT2D eigenvalue weighted by Crippen LogP contribution is 2.27. The second-order valence-corrected chi connectivity index (χ2v) is 4.77. The summed E-state index contributed by atoms with van der Waals surface area (Å²) in [6, 6.07) is 0. The fourth-order valence-corrected chi connectivity index (χ4v) is 2.87. The van der Waals surface area contributed by atoms with E-state index in [1.807, 2.05) is 0 Å². The number of hydrogen-bond donors (Lipinski definition) is 1. The Bertz CT molecular complexity index is 152. The standard InChI is InChI=1S/C11H22N2/c1-13-7-3-5-11(9-13)10-4-2-6-12-8-10/h10-12H,2-9H2,1H3. The molecule has 2 unspecified atom stereocenters. The lowest BCUT2D eigenvalue weighted by molar-refractivity contribution is 0.141. The number of hydrogen-bond acceptors (Lipinski definition) is 2. The van der Waals surface area contributed by atoms with Crippen LogP contribution in [-0.2, 0) is 0 Å². The monoisotopic (exact) mass is 182 g/mol. The van der Waals surface area contributed by atoms with Gasteiger partial charge in [0.05, 0.1) is 0 Å². The van der Waals surface area contributed by atoms with Gasteiger partial charge in [0.15, 0.2) is 0 Å². The maximum Gasteiger partial charge on any atom is 0.000974 e. The van der Waals surface area contributed by atoms with Gasteiger partial charge >= 0.3 is 0 Å². The third-order valence-corrected chi connectivity index (χ3v) is 3.66. The van der Waals surface area contributed by atoms with Crippen LogP contribution >= 0.6 is 0 Å². The van der Waals surface area contributed by atoms with Gasteiger partial charge in [0.2, 0.25) is 0 Å². The van der Waals surface area contributed by atoms with Crippen molar-refractivity contribution in [1.29, 1.82) is 0 Å². The minimum atomic E-state index is 0.969. The summed E-state index contributed by atoms with van der Waals surface area (Å²) < 4.78 is 0.